The van der Waals surface area contributed by atoms with Gasteiger partial charge < -0.3 is 23.7 Å². The Labute approximate surface area is 139 Å². The third kappa shape index (κ3) is 5.48. The fourth-order valence-electron chi connectivity index (χ4n) is 2.44. The summed E-state index contributed by atoms with van der Waals surface area (Å²) in [6.45, 7) is 6.41. The molecule has 9 heteroatoms. The highest BCUT2D eigenvalue weighted by molar-refractivity contribution is 5.69. The zero-order valence-electron chi connectivity index (χ0n) is 14.3. The molecule has 1 fully saturated rings. The summed E-state index contributed by atoms with van der Waals surface area (Å²) >= 11 is 0. The summed E-state index contributed by atoms with van der Waals surface area (Å²) < 4.78 is 26.1. The number of rotatable bonds is 5. The van der Waals surface area contributed by atoms with Gasteiger partial charge in [-0.3, -0.25) is 19.2 Å². The SMILES string of the molecule is CC[C@@H]1OC(OC(C)=O)[C@@H](OC(C)=O)[C@H](OC(C)=O)[C@@H]1OC(C)=O. The minimum absolute atomic E-state index is 0.375. The molecule has 1 saturated heterocycles. The second-order valence-electron chi connectivity index (χ2n) is 5.28. The van der Waals surface area contributed by atoms with E-state index in [-0.39, 0.29) is 0 Å². The van der Waals surface area contributed by atoms with Crippen molar-refractivity contribution in [3.05, 3.63) is 0 Å². The highest BCUT2D eigenvalue weighted by Crippen LogP contribution is 2.30. The van der Waals surface area contributed by atoms with E-state index in [0.29, 0.717) is 6.42 Å². The van der Waals surface area contributed by atoms with Gasteiger partial charge in [0.25, 0.3) is 0 Å². The van der Waals surface area contributed by atoms with E-state index in [1.54, 1.807) is 6.92 Å². The van der Waals surface area contributed by atoms with Crippen LogP contribution in [0.5, 0.6) is 0 Å². The predicted molar refractivity (Wildman–Crippen MR) is 77.4 cm³/mol. The molecule has 5 atom stereocenters. The maximum absolute atomic E-state index is 11.4. The van der Waals surface area contributed by atoms with Crippen molar-refractivity contribution in [2.75, 3.05) is 0 Å². The molecule has 0 aromatic carbocycles. The van der Waals surface area contributed by atoms with Crippen LogP contribution in [-0.2, 0) is 42.9 Å². The number of ether oxygens (including phenoxy) is 5. The molecular weight excluding hydrogens is 324 g/mol. The van der Waals surface area contributed by atoms with Crippen molar-refractivity contribution in [3.8, 4) is 0 Å². The molecule has 1 heterocycles. The maximum Gasteiger partial charge on any atom is 0.305 e. The van der Waals surface area contributed by atoms with Crippen molar-refractivity contribution in [2.24, 2.45) is 0 Å². The quantitative estimate of drug-likeness (QED) is 0.518. The Morgan fingerprint density at radius 2 is 1.12 bits per heavy atom. The molecule has 0 N–H and O–H groups in total. The van der Waals surface area contributed by atoms with Gasteiger partial charge in [-0.15, -0.1) is 0 Å². The van der Waals surface area contributed by atoms with Gasteiger partial charge >= 0.3 is 23.9 Å². The molecule has 1 unspecified atom stereocenters. The molecule has 1 aliphatic heterocycles. The van der Waals surface area contributed by atoms with E-state index < -0.39 is 54.6 Å². The molecule has 0 amide bonds. The molecule has 0 aliphatic carbocycles. The average Bonchev–Trinajstić information content (AvgIpc) is 2.42. The zero-order chi connectivity index (χ0) is 18.4. The molecule has 1 rings (SSSR count). The van der Waals surface area contributed by atoms with Crippen LogP contribution < -0.4 is 0 Å². The van der Waals surface area contributed by atoms with Crippen LogP contribution in [0.3, 0.4) is 0 Å². The van der Waals surface area contributed by atoms with Crippen LogP contribution in [0.2, 0.25) is 0 Å². The minimum atomic E-state index is -1.28. The van der Waals surface area contributed by atoms with Crippen molar-refractivity contribution in [1.29, 1.82) is 0 Å². The van der Waals surface area contributed by atoms with Crippen LogP contribution in [0.1, 0.15) is 41.0 Å². The Bertz CT molecular complexity index is 501. The second-order valence-corrected chi connectivity index (χ2v) is 5.28. The summed E-state index contributed by atoms with van der Waals surface area (Å²) in [6.07, 6.45) is -5.06. The predicted octanol–water partition coefficient (Wildman–Crippen LogP) is 0.479. The minimum Gasteiger partial charge on any atom is -0.456 e. The molecule has 0 saturated carbocycles. The standard InChI is InChI=1S/C15H22O9/c1-6-11-12(20-7(2)16)13(21-8(3)17)14(22-9(4)18)15(24-11)23-10(5)19/h11-15H,6H2,1-5H3/t11-,12+,13+,14-,15?/m0/s1. The Morgan fingerprint density at radius 1 is 0.708 bits per heavy atom. The van der Waals surface area contributed by atoms with Gasteiger partial charge in [-0.2, -0.15) is 0 Å². The van der Waals surface area contributed by atoms with E-state index >= 15 is 0 Å². The van der Waals surface area contributed by atoms with E-state index in [1.165, 1.54) is 6.92 Å². The zero-order valence-corrected chi connectivity index (χ0v) is 14.3. The Morgan fingerprint density at radius 3 is 1.54 bits per heavy atom. The highest BCUT2D eigenvalue weighted by atomic mass is 16.7. The van der Waals surface area contributed by atoms with E-state index in [4.69, 9.17) is 23.7 Å². The lowest BCUT2D eigenvalue weighted by Crippen LogP contribution is -2.61. The van der Waals surface area contributed by atoms with Crippen molar-refractivity contribution in [2.45, 2.75) is 71.7 Å². The van der Waals surface area contributed by atoms with E-state index in [0.717, 1.165) is 20.8 Å². The van der Waals surface area contributed by atoms with Gasteiger partial charge in [-0.25, -0.2) is 0 Å². The summed E-state index contributed by atoms with van der Waals surface area (Å²) in [5, 5.41) is 0. The lowest BCUT2D eigenvalue weighted by atomic mass is 9.96. The van der Waals surface area contributed by atoms with Gasteiger partial charge in [0.2, 0.25) is 12.4 Å². The smallest absolute Gasteiger partial charge is 0.305 e. The number of carbonyl (C=O) groups excluding carboxylic acids is 4. The molecule has 0 aromatic rings. The normalized spacial score (nSPS) is 29.3. The first-order valence-electron chi connectivity index (χ1n) is 7.50. The van der Waals surface area contributed by atoms with Crippen LogP contribution in [0.4, 0.5) is 0 Å². The molecule has 136 valence electrons. The topological polar surface area (TPSA) is 114 Å². The highest BCUT2D eigenvalue weighted by Gasteiger charge is 2.52. The molecule has 1 aliphatic rings. The van der Waals surface area contributed by atoms with Crippen molar-refractivity contribution in [3.63, 3.8) is 0 Å². The first kappa shape index (κ1) is 19.9. The van der Waals surface area contributed by atoms with Crippen LogP contribution in [0.25, 0.3) is 0 Å². The van der Waals surface area contributed by atoms with Crippen LogP contribution >= 0.6 is 0 Å². The Kier molecular flexibility index (Phi) is 7.15. The Hall–Kier alpha value is -2.16. The van der Waals surface area contributed by atoms with E-state index in [9.17, 15) is 19.2 Å². The number of esters is 4. The van der Waals surface area contributed by atoms with Gasteiger partial charge in [0.1, 0.15) is 6.10 Å². The Balaban J connectivity index is 3.23. The van der Waals surface area contributed by atoms with Crippen LogP contribution in [-0.4, -0.2) is 54.6 Å². The first-order valence-corrected chi connectivity index (χ1v) is 7.50. The molecule has 0 radical (unpaired) electrons. The fraction of sp³-hybridized carbons (Fsp3) is 0.733. The third-order valence-electron chi connectivity index (χ3n) is 3.18. The molecule has 0 spiro atoms. The third-order valence-corrected chi connectivity index (χ3v) is 3.18. The van der Waals surface area contributed by atoms with Gasteiger partial charge in [-0.1, -0.05) is 6.92 Å². The second kappa shape index (κ2) is 8.62. The van der Waals surface area contributed by atoms with Crippen LogP contribution in [0, 0.1) is 0 Å². The summed E-state index contributed by atoms with van der Waals surface area (Å²) in [5.74, 6) is -2.66. The summed E-state index contributed by atoms with van der Waals surface area (Å²) in [4.78, 5) is 45.5. The molecule has 9 nitrogen and oxygen atoms in total. The van der Waals surface area contributed by atoms with Gasteiger partial charge in [-0.05, 0) is 6.42 Å². The monoisotopic (exact) mass is 346 g/mol. The molecule has 0 aromatic heterocycles. The lowest BCUT2D eigenvalue weighted by Gasteiger charge is -2.43. The number of hydrogen-bond acceptors (Lipinski definition) is 9. The van der Waals surface area contributed by atoms with Crippen molar-refractivity contribution in [1.82, 2.24) is 0 Å². The maximum atomic E-state index is 11.4. The van der Waals surface area contributed by atoms with Gasteiger partial charge in [0, 0.05) is 27.7 Å². The van der Waals surface area contributed by atoms with Crippen molar-refractivity contribution >= 4 is 23.9 Å². The summed E-state index contributed by atoms with van der Waals surface area (Å²) in [6, 6.07) is 0. The lowest BCUT2D eigenvalue weighted by molar-refractivity contribution is -0.296. The van der Waals surface area contributed by atoms with E-state index in [1.807, 2.05) is 0 Å². The van der Waals surface area contributed by atoms with Gasteiger partial charge in [0.05, 0.1) is 0 Å². The molecule has 0 bridgehead atoms. The average molecular weight is 346 g/mol. The van der Waals surface area contributed by atoms with Crippen molar-refractivity contribution < 1.29 is 42.9 Å². The molecule has 24 heavy (non-hydrogen) atoms. The van der Waals surface area contributed by atoms with Crippen LogP contribution in [0.15, 0.2) is 0 Å². The largest absolute Gasteiger partial charge is 0.456 e. The van der Waals surface area contributed by atoms with Gasteiger partial charge in [0.15, 0.2) is 12.2 Å². The summed E-state index contributed by atoms with van der Waals surface area (Å²) in [5.41, 5.74) is 0. The molecular formula is C15H22O9. The summed E-state index contributed by atoms with van der Waals surface area (Å²) in [7, 11) is 0. The number of hydrogen-bond donors (Lipinski definition) is 0. The number of carbonyl (C=O) groups is 4. The first-order chi connectivity index (χ1) is 11.1. The fourth-order valence-corrected chi connectivity index (χ4v) is 2.44. The van der Waals surface area contributed by atoms with E-state index in [2.05, 4.69) is 0 Å².